The quantitative estimate of drug-likeness (QED) is 0.500. The number of hydrogen-bond acceptors (Lipinski definition) is 2. The third kappa shape index (κ3) is 5.07. The van der Waals surface area contributed by atoms with Gasteiger partial charge in [0, 0.05) is 42.6 Å². The number of nitrogens with zero attached hydrogens (tertiary/aromatic N) is 1. The van der Waals surface area contributed by atoms with E-state index in [1.54, 1.807) is 19.2 Å². The normalized spacial score (nSPS) is 16.5. The third-order valence-electron chi connectivity index (χ3n) is 4.54. The number of benzene rings is 2. The number of rotatable bonds is 5. The average Bonchev–Trinajstić information content (AvgIpc) is 2.66. The highest BCUT2D eigenvalue weighted by Crippen LogP contribution is 2.31. The Morgan fingerprint density at radius 3 is 2.93 bits per heavy atom. The third-order valence-corrected chi connectivity index (χ3v) is 5.03. The van der Waals surface area contributed by atoms with Gasteiger partial charge in [-0.2, -0.15) is 0 Å². The molecule has 0 spiro atoms. The molecular weight excluding hydrogens is 411 g/mol. The van der Waals surface area contributed by atoms with Crippen LogP contribution < -0.4 is 16.0 Å². The van der Waals surface area contributed by atoms with E-state index in [1.165, 1.54) is 6.07 Å². The Bertz CT molecular complexity index is 856. The summed E-state index contributed by atoms with van der Waals surface area (Å²) in [5, 5.41) is 9.37. The highest BCUT2D eigenvalue weighted by molar-refractivity contribution is 9.10. The number of nitrogens with one attached hydrogen (secondary N) is 3. The van der Waals surface area contributed by atoms with Gasteiger partial charge in [-0.05, 0) is 41.8 Å². The second kappa shape index (κ2) is 8.99. The molecule has 1 heterocycles. The van der Waals surface area contributed by atoms with Gasteiger partial charge in [0.2, 0.25) is 5.91 Å². The predicted octanol–water partition coefficient (Wildman–Crippen LogP) is 3.42. The summed E-state index contributed by atoms with van der Waals surface area (Å²) in [5.41, 5.74) is 2.63. The minimum Gasteiger partial charge on any atom is -0.356 e. The largest absolute Gasteiger partial charge is 0.356 e. The first-order valence-electron chi connectivity index (χ1n) is 8.84. The minimum atomic E-state index is -0.215. The van der Waals surface area contributed by atoms with E-state index in [0.717, 1.165) is 15.7 Å². The molecule has 3 N–H and O–H groups in total. The zero-order chi connectivity index (χ0) is 19.2. The molecule has 1 amide bonds. The van der Waals surface area contributed by atoms with Crippen LogP contribution in [0.4, 0.5) is 10.1 Å². The molecule has 3 rings (SSSR count). The second-order valence-electron chi connectivity index (χ2n) is 6.40. The molecule has 1 aliphatic rings. The molecule has 0 saturated carbocycles. The Balaban J connectivity index is 1.54. The van der Waals surface area contributed by atoms with Crippen LogP contribution in [0.5, 0.6) is 0 Å². The van der Waals surface area contributed by atoms with Crippen LogP contribution in [0.2, 0.25) is 0 Å². The van der Waals surface area contributed by atoms with Crippen molar-refractivity contribution in [2.75, 3.05) is 25.5 Å². The predicted molar refractivity (Wildman–Crippen MR) is 110 cm³/mol. The van der Waals surface area contributed by atoms with Gasteiger partial charge in [0.15, 0.2) is 5.96 Å². The SMILES string of the molecule is CN=C(NCCc1cc(Br)ccc1F)NCC1CC(=O)Nc2ccccc21. The molecule has 142 valence electrons. The van der Waals surface area contributed by atoms with Crippen molar-refractivity contribution in [2.24, 2.45) is 4.99 Å². The number of hydrogen-bond donors (Lipinski definition) is 3. The molecule has 0 saturated heterocycles. The molecule has 1 atom stereocenters. The highest BCUT2D eigenvalue weighted by atomic mass is 79.9. The molecule has 7 heteroatoms. The lowest BCUT2D eigenvalue weighted by molar-refractivity contribution is -0.116. The Hall–Kier alpha value is -2.41. The Labute approximate surface area is 166 Å². The Kier molecular flexibility index (Phi) is 6.45. The van der Waals surface area contributed by atoms with Crippen LogP contribution in [0, 0.1) is 5.82 Å². The fraction of sp³-hybridized carbons (Fsp3) is 0.300. The van der Waals surface area contributed by atoms with Gasteiger partial charge in [-0.25, -0.2) is 4.39 Å². The Morgan fingerprint density at radius 2 is 2.11 bits per heavy atom. The van der Waals surface area contributed by atoms with Crippen LogP contribution in [0.25, 0.3) is 0 Å². The summed E-state index contributed by atoms with van der Waals surface area (Å²) >= 11 is 3.36. The number of para-hydroxylation sites is 1. The molecule has 2 aromatic carbocycles. The molecule has 0 aliphatic carbocycles. The maximum absolute atomic E-state index is 13.8. The van der Waals surface area contributed by atoms with Crippen LogP contribution in [0.1, 0.15) is 23.5 Å². The van der Waals surface area contributed by atoms with Crippen molar-refractivity contribution in [2.45, 2.75) is 18.8 Å². The van der Waals surface area contributed by atoms with Crippen molar-refractivity contribution in [1.82, 2.24) is 10.6 Å². The highest BCUT2D eigenvalue weighted by Gasteiger charge is 2.24. The molecular formula is C20H22BrFN4O. The lowest BCUT2D eigenvalue weighted by atomic mass is 9.90. The molecule has 2 aromatic rings. The summed E-state index contributed by atoms with van der Waals surface area (Å²) < 4.78 is 14.7. The maximum Gasteiger partial charge on any atom is 0.225 e. The van der Waals surface area contributed by atoms with E-state index >= 15 is 0 Å². The monoisotopic (exact) mass is 432 g/mol. The van der Waals surface area contributed by atoms with Crippen molar-refractivity contribution in [3.05, 3.63) is 63.9 Å². The zero-order valence-electron chi connectivity index (χ0n) is 15.1. The molecule has 0 aromatic heterocycles. The summed E-state index contributed by atoms with van der Waals surface area (Å²) in [4.78, 5) is 16.1. The van der Waals surface area contributed by atoms with Gasteiger partial charge in [-0.1, -0.05) is 34.1 Å². The van der Waals surface area contributed by atoms with Crippen LogP contribution >= 0.6 is 15.9 Å². The molecule has 0 fully saturated rings. The van der Waals surface area contributed by atoms with Crippen LogP contribution in [0.3, 0.4) is 0 Å². The average molecular weight is 433 g/mol. The van der Waals surface area contributed by atoms with Crippen molar-refractivity contribution in [1.29, 1.82) is 0 Å². The number of anilines is 1. The van der Waals surface area contributed by atoms with Crippen molar-refractivity contribution in [3.63, 3.8) is 0 Å². The van der Waals surface area contributed by atoms with Gasteiger partial charge in [-0.3, -0.25) is 9.79 Å². The van der Waals surface area contributed by atoms with E-state index in [4.69, 9.17) is 0 Å². The fourth-order valence-corrected chi connectivity index (χ4v) is 3.58. The van der Waals surface area contributed by atoms with Crippen LogP contribution in [-0.2, 0) is 11.2 Å². The van der Waals surface area contributed by atoms with Crippen LogP contribution in [0.15, 0.2) is 51.9 Å². The first kappa shape index (κ1) is 19.4. The first-order chi connectivity index (χ1) is 13.1. The van der Waals surface area contributed by atoms with Gasteiger partial charge in [0.25, 0.3) is 0 Å². The number of carbonyl (C=O) groups excluding carboxylic acids is 1. The molecule has 1 unspecified atom stereocenters. The summed E-state index contributed by atoms with van der Waals surface area (Å²) in [6.45, 7) is 1.14. The van der Waals surface area contributed by atoms with Gasteiger partial charge in [0.05, 0.1) is 0 Å². The molecule has 0 bridgehead atoms. The van der Waals surface area contributed by atoms with Crippen molar-refractivity contribution in [3.8, 4) is 0 Å². The number of fused-ring (bicyclic) bond motifs is 1. The van der Waals surface area contributed by atoms with Crippen molar-refractivity contribution < 1.29 is 9.18 Å². The summed E-state index contributed by atoms with van der Waals surface area (Å²) in [6, 6.07) is 12.8. The minimum absolute atomic E-state index is 0.0218. The summed E-state index contributed by atoms with van der Waals surface area (Å²) in [5.74, 6) is 0.520. The van der Waals surface area contributed by atoms with E-state index in [2.05, 4.69) is 36.9 Å². The smallest absolute Gasteiger partial charge is 0.225 e. The fourth-order valence-electron chi connectivity index (χ4n) is 3.17. The molecule has 27 heavy (non-hydrogen) atoms. The summed E-state index contributed by atoms with van der Waals surface area (Å²) in [6.07, 6.45) is 0.977. The lowest BCUT2D eigenvalue weighted by Crippen LogP contribution is -2.41. The number of amides is 1. The van der Waals surface area contributed by atoms with Crippen molar-refractivity contribution >= 4 is 33.5 Å². The van der Waals surface area contributed by atoms with E-state index in [1.807, 2.05) is 24.3 Å². The Morgan fingerprint density at radius 1 is 1.30 bits per heavy atom. The number of aliphatic imine (C=N–C) groups is 1. The van der Waals surface area contributed by atoms with Gasteiger partial charge in [-0.15, -0.1) is 0 Å². The maximum atomic E-state index is 13.8. The number of carbonyl (C=O) groups is 1. The van der Waals surface area contributed by atoms with Crippen LogP contribution in [-0.4, -0.2) is 32.0 Å². The summed E-state index contributed by atoms with van der Waals surface area (Å²) in [7, 11) is 1.69. The topological polar surface area (TPSA) is 65.5 Å². The standard InChI is InChI=1S/C20H22BrFN4O/c1-23-20(24-9-8-13-10-15(21)6-7-17(13)22)25-12-14-11-19(27)26-18-5-3-2-4-16(14)18/h2-7,10,14H,8-9,11-12H2,1H3,(H,26,27)(H2,23,24,25). The van der Waals surface area contributed by atoms with E-state index in [0.29, 0.717) is 37.5 Å². The lowest BCUT2D eigenvalue weighted by Gasteiger charge is -2.26. The van der Waals surface area contributed by atoms with E-state index in [9.17, 15) is 9.18 Å². The van der Waals surface area contributed by atoms with E-state index in [-0.39, 0.29) is 17.6 Å². The first-order valence-corrected chi connectivity index (χ1v) is 9.63. The van der Waals surface area contributed by atoms with Gasteiger partial charge in [0.1, 0.15) is 5.82 Å². The molecule has 0 radical (unpaired) electrons. The van der Waals surface area contributed by atoms with Gasteiger partial charge < -0.3 is 16.0 Å². The molecule has 1 aliphatic heterocycles. The zero-order valence-corrected chi connectivity index (χ0v) is 16.6. The number of halogens is 2. The van der Waals surface area contributed by atoms with Gasteiger partial charge >= 0.3 is 0 Å². The number of guanidine groups is 1. The molecule has 5 nitrogen and oxygen atoms in total. The second-order valence-corrected chi connectivity index (χ2v) is 7.32. The van der Waals surface area contributed by atoms with E-state index < -0.39 is 0 Å².